The van der Waals surface area contributed by atoms with E-state index in [9.17, 15) is 9.00 Å². The van der Waals surface area contributed by atoms with Crippen LogP contribution in [0, 0.1) is 0 Å². The van der Waals surface area contributed by atoms with Crippen LogP contribution in [0.25, 0.3) is 0 Å². The molecular formula is C13H21ClN2O2S. The molecule has 1 aromatic rings. The number of nitrogens with one attached hydrogen (secondary N) is 1. The van der Waals surface area contributed by atoms with Gasteiger partial charge in [0.15, 0.2) is 0 Å². The third-order valence-electron chi connectivity index (χ3n) is 2.50. The molecule has 19 heavy (non-hydrogen) atoms. The summed E-state index contributed by atoms with van der Waals surface area (Å²) in [5, 5.41) is 2.78. The summed E-state index contributed by atoms with van der Waals surface area (Å²) in [4.78, 5) is 11.7. The van der Waals surface area contributed by atoms with Gasteiger partial charge in [0.1, 0.15) is 0 Å². The van der Waals surface area contributed by atoms with E-state index in [0.29, 0.717) is 17.9 Å². The van der Waals surface area contributed by atoms with Gasteiger partial charge < -0.3 is 11.1 Å². The van der Waals surface area contributed by atoms with Gasteiger partial charge in [-0.3, -0.25) is 9.00 Å². The van der Waals surface area contributed by atoms with Crippen molar-refractivity contribution in [3.63, 3.8) is 0 Å². The predicted octanol–water partition coefficient (Wildman–Crippen LogP) is 2.05. The van der Waals surface area contributed by atoms with Crippen LogP contribution in [0.3, 0.4) is 0 Å². The fourth-order valence-corrected chi connectivity index (χ4v) is 2.30. The summed E-state index contributed by atoms with van der Waals surface area (Å²) in [5.74, 6) is 0.316. The van der Waals surface area contributed by atoms with E-state index < -0.39 is 16.8 Å². The molecule has 0 saturated heterocycles. The first kappa shape index (κ1) is 18.1. The van der Waals surface area contributed by atoms with E-state index in [1.54, 1.807) is 12.3 Å². The Morgan fingerprint density at radius 1 is 1.47 bits per heavy atom. The second kappa shape index (κ2) is 9.07. The van der Waals surface area contributed by atoms with E-state index >= 15 is 0 Å². The molecule has 0 spiro atoms. The fraction of sp³-hybridized carbons (Fsp3) is 0.462. The van der Waals surface area contributed by atoms with Gasteiger partial charge in [0, 0.05) is 28.5 Å². The highest BCUT2D eigenvalue weighted by Gasteiger charge is 2.12. The van der Waals surface area contributed by atoms with Crippen molar-refractivity contribution in [1.29, 1.82) is 0 Å². The number of rotatable bonds is 6. The number of nitrogens with two attached hydrogens (primary N) is 1. The van der Waals surface area contributed by atoms with E-state index in [-0.39, 0.29) is 18.3 Å². The van der Waals surface area contributed by atoms with Gasteiger partial charge in [-0.05, 0) is 24.1 Å². The van der Waals surface area contributed by atoms with E-state index in [1.807, 2.05) is 25.1 Å². The molecule has 0 aromatic heterocycles. The first-order valence-corrected chi connectivity index (χ1v) is 7.71. The molecule has 0 aliphatic rings. The average molecular weight is 305 g/mol. The number of hydrogen-bond acceptors (Lipinski definition) is 3. The Kier molecular flexibility index (Phi) is 8.63. The zero-order chi connectivity index (χ0) is 13.5. The quantitative estimate of drug-likeness (QED) is 0.845. The molecule has 6 heteroatoms. The van der Waals surface area contributed by atoms with Gasteiger partial charge in [0.2, 0.25) is 5.91 Å². The Morgan fingerprint density at radius 2 is 2.16 bits per heavy atom. The summed E-state index contributed by atoms with van der Waals surface area (Å²) < 4.78 is 11.1. The maximum atomic E-state index is 11.7. The standard InChI is InChI=1S/C13H20N2O2S.ClH/c1-3-5-12(14)13(16)15-11-7-4-6-10(8-11)9-18(2)17;/h4,6-8,12H,3,5,9,14H2,1-2H3,(H,15,16);1H. The Morgan fingerprint density at radius 3 is 2.74 bits per heavy atom. The third kappa shape index (κ3) is 6.71. The number of hydrogen-bond donors (Lipinski definition) is 2. The maximum absolute atomic E-state index is 11.7. The Balaban J connectivity index is 0.00000324. The Hall–Kier alpha value is -0.910. The van der Waals surface area contributed by atoms with Crippen molar-refractivity contribution in [3.8, 4) is 0 Å². The summed E-state index contributed by atoms with van der Waals surface area (Å²) in [6.07, 6.45) is 3.20. The lowest BCUT2D eigenvalue weighted by Gasteiger charge is -2.11. The number of carbonyl (C=O) groups is 1. The Labute approximate surface area is 123 Å². The van der Waals surface area contributed by atoms with Crippen LogP contribution in [0.5, 0.6) is 0 Å². The van der Waals surface area contributed by atoms with Gasteiger partial charge in [-0.25, -0.2) is 0 Å². The second-order valence-electron chi connectivity index (χ2n) is 4.30. The molecule has 0 fully saturated rings. The monoisotopic (exact) mass is 304 g/mol. The van der Waals surface area contributed by atoms with Gasteiger partial charge in [-0.2, -0.15) is 0 Å². The van der Waals surface area contributed by atoms with Crippen molar-refractivity contribution >= 4 is 34.8 Å². The minimum absolute atomic E-state index is 0. The number of anilines is 1. The number of benzene rings is 1. The van der Waals surface area contributed by atoms with E-state index in [1.165, 1.54) is 0 Å². The van der Waals surface area contributed by atoms with Gasteiger partial charge in [-0.1, -0.05) is 25.5 Å². The number of carbonyl (C=O) groups excluding carboxylic acids is 1. The van der Waals surface area contributed by atoms with Crippen LogP contribution in [0.15, 0.2) is 24.3 Å². The first-order valence-electron chi connectivity index (χ1n) is 5.98. The van der Waals surface area contributed by atoms with Crippen molar-refractivity contribution in [1.82, 2.24) is 0 Å². The van der Waals surface area contributed by atoms with Crippen molar-refractivity contribution in [2.24, 2.45) is 5.73 Å². The third-order valence-corrected chi connectivity index (χ3v) is 3.24. The van der Waals surface area contributed by atoms with Crippen LogP contribution in [0.2, 0.25) is 0 Å². The summed E-state index contributed by atoms with van der Waals surface area (Å²) in [6, 6.07) is 6.89. The van der Waals surface area contributed by atoms with Crippen molar-refractivity contribution in [2.75, 3.05) is 11.6 Å². The first-order chi connectivity index (χ1) is 8.52. The number of amides is 1. The summed E-state index contributed by atoms with van der Waals surface area (Å²) in [5.41, 5.74) is 7.38. The van der Waals surface area contributed by atoms with Crippen LogP contribution >= 0.6 is 12.4 Å². The van der Waals surface area contributed by atoms with Crippen molar-refractivity contribution < 1.29 is 9.00 Å². The molecule has 0 radical (unpaired) electrons. The minimum atomic E-state index is -0.887. The van der Waals surface area contributed by atoms with Crippen LogP contribution < -0.4 is 11.1 Å². The molecule has 108 valence electrons. The van der Waals surface area contributed by atoms with Gasteiger partial charge in [-0.15, -0.1) is 12.4 Å². The number of halogens is 1. The topological polar surface area (TPSA) is 72.2 Å². The molecule has 0 aliphatic carbocycles. The van der Waals surface area contributed by atoms with Crippen molar-refractivity contribution in [3.05, 3.63) is 29.8 Å². The van der Waals surface area contributed by atoms with E-state index in [0.717, 1.165) is 12.0 Å². The second-order valence-corrected chi connectivity index (χ2v) is 5.74. The molecule has 0 aliphatic heterocycles. The lowest BCUT2D eigenvalue weighted by molar-refractivity contribution is -0.117. The van der Waals surface area contributed by atoms with Crippen LogP contribution in [0.1, 0.15) is 25.3 Å². The van der Waals surface area contributed by atoms with E-state index in [2.05, 4.69) is 5.32 Å². The van der Waals surface area contributed by atoms with Crippen LogP contribution in [-0.2, 0) is 21.3 Å². The van der Waals surface area contributed by atoms with Gasteiger partial charge in [0.05, 0.1) is 6.04 Å². The predicted molar refractivity (Wildman–Crippen MR) is 83.0 cm³/mol. The molecular weight excluding hydrogens is 284 g/mol. The molecule has 1 amide bonds. The largest absolute Gasteiger partial charge is 0.325 e. The minimum Gasteiger partial charge on any atom is -0.325 e. The van der Waals surface area contributed by atoms with Crippen LogP contribution in [-0.4, -0.2) is 22.4 Å². The SMILES string of the molecule is CCCC(N)C(=O)Nc1cccc(CS(C)=O)c1.Cl. The maximum Gasteiger partial charge on any atom is 0.241 e. The highest BCUT2D eigenvalue weighted by Crippen LogP contribution is 2.12. The zero-order valence-corrected chi connectivity index (χ0v) is 12.9. The van der Waals surface area contributed by atoms with Crippen LogP contribution in [0.4, 0.5) is 5.69 Å². The lowest BCUT2D eigenvalue weighted by atomic mass is 10.1. The lowest BCUT2D eigenvalue weighted by Crippen LogP contribution is -2.35. The van der Waals surface area contributed by atoms with E-state index in [4.69, 9.17) is 5.73 Å². The molecule has 3 N–H and O–H groups in total. The molecule has 1 aromatic carbocycles. The Bertz CT molecular complexity index is 440. The molecule has 0 bridgehead atoms. The zero-order valence-electron chi connectivity index (χ0n) is 11.2. The molecule has 0 heterocycles. The molecule has 4 nitrogen and oxygen atoms in total. The highest BCUT2D eigenvalue weighted by atomic mass is 35.5. The summed E-state index contributed by atoms with van der Waals surface area (Å²) in [7, 11) is -0.887. The van der Waals surface area contributed by atoms with Crippen molar-refractivity contribution in [2.45, 2.75) is 31.6 Å². The summed E-state index contributed by atoms with van der Waals surface area (Å²) in [6.45, 7) is 1.99. The van der Waals surface area contributed by atoms with Gasteiger partial charge >= 0.3 is 0 Å². The average Bonchev–Trinajstić information content (AvgIpc) is 2.28. The fourth-order valence-electron chi connectivity index (χ4n) is 1.65. The molecule has 1 rings (SSSR count). The molecule has 2 unspecified atom stereocenters. The normalized spacial score (nSPS) is 13.2. The van der Waals surface area contributed by atoms with Gasteiger partial charge in [0.25, 0.3) is 0 Å². The smallest absolute Gasteiger partial charge is 0.241 e. The molecule has 0 saturated carbocycles. The molecule has 2 atom stereocenters. The summed E-state index contributed by atoms with van der Waals surface area (Å²) >= 11 is 0. The highest BCUT2D eigenvalue weighted by molar-refractivity contribution is 7.83.